The Balaban J connectivity index is 2.52. The molecule has 1 aromatic heterocycles. The van der Waals surface area contributed by atoms with E-state index in [2.05, 4.69) is 5.10 Å². The van der Waals surface area contributed by atoms with E-state index in [1.54, 1.807) is 10.7 Å². The van der Waals surface area contributed by atoms with Crippen molar-refractivity contribution in [3.05, 3.63) is 48.0 Å². The number of ether oxygens (including phenoxy) is 1. The standard InChI is InChI=1S/C12H13N3O/c1-2-16-12-8-10(13)9-14-15(12)11-6-4-3-5-7-11/h3-9,13H,2H2,1H3. The molecule has 0 aliphatic carbocycles. The molecular formula is C12H13N3O. The summed E-state index contributed by atoms with van der Waals surface area (Å²) in [6.07, 6.45) is 1.50. The summed E-state index contributed by atoms with van der Waals surface area (Å²) in [4.78, 5) is 0. The van der Waals surface area contributed by atoms with Crippen molar-refractivity contribution in [2.45, 2.75) is 6.92 Å². The molecule has 0 saturated heterocycles. The van der Waals surface area contributed by atoms with Gasteiger partial charge in [-0.15, -0.1) is 0 Å². The molecular weight excluding hydrogens is 202 g/mol. The minimum atomic E-state index is 0.343. The summed E-state index contributed by atoms with van der Waals surface area (Å²) in [7, 11) is 0. The Morgan fingerprint density at radius 1 is 1.31 bits per heavy atom. The van der Waals surface area contributed by atoms with Crippen LogP contribution in [0.5, 0.6) is 5.88 Å². The van der Waals surface area contributed by atoms with Gasteiger partial charge in [-0.2, -0.15) is 5.10 Å². The van der Waals surface area contributed by atoms with Crippen LogP contribution in [-0.4, -0.2) is 16.4 Å². The van der Waals surface area contributed by atoms with Gasteiger partial charge in [0.1, 0.15) is 0 Å². The van der Waals surface area contributed by atoms with Crippen LogP contribution in [0, 0.1) is 5.41 Å². The van der Waals surface area contributed by atoms with Crippen LogP contribution in [0.25, 0.3) is 5.69 Å². The average Bonchev–Trinajstić information content (AvgIpc) is 2.31. The smallest absolute Gasteiger partial charge is 0.217 e. The first-order valence-electron chi connectivity index (χ1n) is 5.13. The van der Waals surface area contributed by atoms with E-state index >= 15 is 0 Å². The quantitative estimate of drug-likeness (QED) is 0.848. The Morgan fingerprint density at radius 2 is 2.06 bits per heavy atom. The van der Waals surface area contributed by atoms with E-state index in [1.165, 1.54) is 6.20 Å². The second-order valence-corrected chi connectivity index (χ2v) is 3.26. The molecule has 0 radical (unpaired) electrons. The minimum absolute atomic E-state index is 0.343. The van der Waals surface area contributed by atoms with Crippen molar-refractivity contribution in [3.8, 4) is 11.6 Å². The maximum absolute atomic E-state index is 7.52. The van der Waals surface area contributed by atoms with Crippen LogP contribution in [0.3, 0.4) is 0 Å². The van der Waals surface area contributed by atoms with Gasteiger partial charge in [-0.3, -0.25) is 5.41 Å². The monoisotopic (exact) mass is 215 g/mol. The molecule has 2 rings (SSSR count). The lowest BCUT2D eigenvalue weighted by Gasteiger charge is -2.11. The van der Waals surface area contributed by atoms with Crippen LogP contribution in [0.1, 0.15) is 6.92 Å². The first-order chi connectivity index (χ1) is 7.81. The number of nitrogens with zero attached hydrogens (tertiary/aromatic N) is 2. The Labute approximate surface area is 93.6 Å². The first kappa shape index (κ1) is 10.4. The largest absolute Gasteiger partial charge is 0.478 e. The minimum Gasteiger partial charge on any atom is -0.478 e. The molecule has 1 N–H and O–H groups in total. The molecule has 0 unspecified atom stereocenters. The van der Waals surface area contributed by atoms with E-state index in [1.807, 2.05) is 37.3 Å². The maximum atomic E-state index is 7.52. The fourth-order valence-corrected chi connectivity index (χ4v) is 1.42. The highest BCUT2D eigenvalue weighted by Gasteiger charge is 2.03. The fourth-order valence-electron chi connectivity index (χ4n) is 1.42. The second-order valence-electron chi connectivity index (χ2n) is 3.26. The lowest BCUT2D eigenvalue weighted by atomic mass is 10.3. The topological polar surface area (TPSA) is 50.9 Å². The molecule has 0 saturated carbocycles. The number of benzene rings is 1. The summed E-state index contributed by atoms with van der Waals surface area (Å²) in [5.41, 5.74) is 0.922. The normalized spacial score (nSPS) is 10.1. The van der Waals surface area contributed by atoms with Gasteiger partial charge in [0, 0.05) is 6.07 Å². The summed E-state index contributed by atoms with van der Waals surface area (Å²) in [6.45, 7) is 2.46. The van der Waals surface area contributed by atoms with Gasteiger partial charge in [0.15, 0.2) is 0 Å². The molecule has 82 valence electrons. The third-order valence-electron chi connectivity index (χ3n) is 2.09. The highest BCUT2D eigenvalue weighted by Crippen LogP contribution is 2.13. The summed E-state index contributed by atoms with van der Waals surface area (Å²) in [5, 5.41) is 12.0. The second kappa shape index (κ2) is 4.61. The maximum Gasteiger partial charge on any atom is 0.217 e. The lowest BCUT2D eigenvalue weighted by molar-refractivity contribution is 0.311. The van der Waals surface area contributed by atoms with E-state index in [4.69, 9.17) is 10.1 Å². The third-order valence-corrected chi connectivity index (χ3v) is 2.09. The van der Waals surface area contributed by atoms with Gasteiger partial charge in [0.05, 0.1) is 23.8 Å². The Kier molecular flexibility index (Phi) is 3.00. The van der Waals surface area contributed by atoms with Gasteiger partial charge >= 0.3 is 0 Å². The number of aromatic nitrogens is 2. The number of hydrogen-bond donors (Lipinski definition) is 1. The zero-order valence-electron chi connectivity index (χ0n) is 9.05. The predicted octanol–water partition coefficient (Wildman–Crippen LogP) is 1.75. The molecule has 0 fully saturated rings. The van der Waals surface area contributed by atoms with E-state index in [9.17, 15) is 0 Å². The Bertz CT molecular complexity index is 519. The zero-order valence-corrected chi connectivity index (χ0v) is 9.05. The van der Waals surface area contributed by atoms with Crippen LogP contribution in [0.2, 0.25) is 0 Å². The fraction of sp³-hybridized carbons (Fsp3) is 0.167. The first-order valence-corrected chi connectivity index (χ1v) is 5.13. The average molecular weight is 215 g/mol. The molecule has 0 spiro atoms. The molecule has 4 nitrogen and oxygen atoms in total. The van der Waals surface area contributed by atoms with Crippen LogP contribution in [0.15, 0.2) is 42.6 Å². The molecule has 0 bridgehead atoms. The molecule has 2 aromatic rings. The van der Waals surface area contributed by atoms with Crippen LogP contribution in [-0.2, 0) is 0 Å². The summed E-state index contributed by atoms with van der Waals surface area (Å²) in [6, 6.07) is 11.4. The molecule has 4 heteroatoms. The van der Waals surface area contributed by atoms with Crippen molar-refractivity contribution in [2.24, 2.45) is 0 Å². The Morgan fingerprint density at radius 3 is 2.75 bits per heavy atom. The van der Waals surface area contributed by atoms with Crippen molar-refractivity contribution in [3.63, 3.8) is 0 Å². The third kappa shape index (κ3) is 2.11. The predicted molar refractivity (Wildman–Crippen MR) is 60.6 cm³/mol. The van der Waals surface area contributed by atoms with Crippen molar-refractivity contribution in [1.82, 2.24) is 9.78 Å². The molecule has 0 amide bonds. The van der Waals surface area contributed by atoms with E-state index in [0.717, 1.165) is 5.69 Å². The van der Waals surface area contributed by atoms with Gasteiger partial charge in [-0.25, -0.2) is 4.68 Å². The van der Waals surface area contributed by atoms with E-state index in [-0.39, 0.29) is 0 Å². The van der Waals surface area contributed by atoms with E-state index < -0.39 is 0 Å². The Hall–Kier alpha value is -2.10. The lowest BCUT2D eigenvalue weighted by Crippen LogP contribution is -2.12. The highest BCUT2D eigenvalue weighted by atomic mass is 16.5. The van der Waals surface area contributed by atoms with Crippen LogP contribution < -0.4 is 10.1 Å². The molecule has 0 aliphatic rings. The van der Waals surface area contributed by atoms with Crippen molar-refractivity contribution >= 4 is 0 Å². The van der Waals surface area contributed by atoms with Crippen molar-refractivity contribution < 1.29 is 4.74 Å². The van der Waals surface area contributed by atoms with Gasteiger partial charge in [-0.05, 0) is 19.1 Å². The summed E-state index contributed by atoms with van der Waals surface area (Å²) < 4.78 is 7.13. The summed E-state index contributed by atoms with van der Waals surface area (Å²) in [5.74, 6) is 0.584. The van der Waals surface area contributed by atoms with Crippen LogP contribution in [0.4, 0.5) is 0 Å². The van der Waals surface area contributed by atoms with Gasteiger partial charge in [0.2, 0.25) is 5.88 Å². The van der Waals surface area contributed by atoms with Gasteiger partial charge < -0.3 is 4.74 Å². The van der Waals surface area contributed by atoms with Gasteiger partial charge in [0.25, 0.3) is 0 Å². The summed E-state index contributed by atoms with van der Waals surface area (Å²) >= 11 is 0. The van der Waals surface area contributed by atoms with Crippen molar-refractivity contribution in [1.29, 1.82) is 5.41 Å². The molecule has 1 heterocycles. The van der Waals surface area contributed by atoms with Crippen LogP contribution >= 0.6 is 0 Å². The highest BCUT2D eigenvalue weighted by molar-refractivity contribution is 5.33. The number of rotatable bonds is 3. The number of para-hydroxylation sites is 1. The van der Waals surface area contributed by atoms with E-state index in [0.29, 0.717) is 17.8 Å². The number of hydrogen-bond acceptors (Lipinski definition) is 3. The molecule has 16 heavy (non-hydrogen) atoms. The zero-order chi connectivity index (χ0) is 11.4. The molecule has 0 aliphatic heterocycles. The van der Waals surface area contributed by atoms with Crippen molar-refractivity contribution in [2.75, 3.05) is 6.61 Å². The molecule has 1 aromatic carbocycles. The number of nitrogens with one attached hydrogen (secondary N) is 1. The SMILES string of the molecule is CCOc1cc(=N)cnn1-c1ccccc1. The van der Waals surface area contributed by atoms with Gasteiger partial charge in [-0.1, -0.05) is 18.2 Å². The molecule has 0 atom stereocenters.